The van der Waals surface area contributed by atoms with Crippen molar-refractivity contribution in [3.8, 4) is 0 Å². The molecule has 2 fully saturated rings. The van der Waals surface area contributed by atoms with Crippen LogP contribution in [0, 0.1) is 0 Å². The highest BCUT2D eigenvalue weighted by Crippen LogP contribution is 2.08. The van der Waals surface area contributed by atoms with E-state index in [1.54, 1.807) is 0 Å². The van der Waals surface area contributed by atoms with Gasteiger partial charge in [0.25, 0.3) is 0 Å². The number of aliphatic hydroxyl groups excluding tert-OH is 1. The van der Waals surface area contributed by atoms with Crippen LogP contribution in [0.25, 0.3) is 0 Å². The van der Waals surface area contributed by atoms with Crippen molar-refractivity contribution in [2.75, 3.05) is 73.6 Å². The normalized spacial score (nSPS) is 17.7. The number of hydrogen-bond acceptors (Lipinski definition) is 5. The molecule has 0 saturated carbocycles. The maximum Gasteiger partial charge on any atom is 0.0319 e. The lowest BCUT2D eigenvalue weighted by atomic mass is 10.2. The molecule has 5 heteroatoms. The van der Waals surface area contributed by atoms with Crippen LogP contribution >= 0.6 is 0 Å². The van der Waals surface area contributed by atoms with Crippen LogP contribution in [0.2, 0.25) is 0 Å². The molecular weight excluding hydrogens is 396 g/mol. The maximum absolute atomic E-state index is 7.00. The Kier molecular flexibility index (Phi) is 15.7. The molecule has 32 heavy (non-hydrogen) atoms. The Bertz CT molecular complexity index is 592. The highest BCUT2D eigenvalue weighted by Gasteiger charge is 2.14. The second-order valence-electron chi connectivity index (χ2n) is 8.13. The van der Waals surface area contributed by atoms with Crippen LogP contribution in [-0.2, 0) is 13.1 Å². The van der Waals surface area contributed by atoms with Crippen molar-refractivity contribution in [1.82, 2.24) is 19.6 Å². The minimum absolute atomic E-state index is 1.00. The summed E-state index contributed by atoms with van der Waals surface area (Å²) in [6.45, 7) is 15.8. The number of piperazine rings is 2. The largest absolute Gasteiger partial charge is 0.400 e. The summed E-state index contributed by atoms with van der Waals surface area (Å²) in [4.78, 5) is 9.83. The summed E-state index contributed by atoms with van der Waals surface area (Å²) in [5.74, 6) is 0. The van der Waals surface area contributed by atoms with E-state index in [1.807, 2.05) is 13.8 Å². The Morgan fingerprint density at radius 3 is 1.09 bits per heavy atom. The molecule has 2 aromatic rings. The minimum atomic E-state index is 1.00. The molecule has 0 amide bonds. The number of aliphatic hydroxyl groups is 1. The maximum atomic E-state index is 7.00. The molecule has 4 rings (SSSR count). The molecule has 2 aliphatic heterocycles. The summed E-state index contributed by atoms with van der Waals surface area (Å²) < 4.78 is 0. The summed E-state index contributed by atoms with van der Waals surface area (Å²) in [6, 6.07) is 21.4. The van der Waals surface area contributed by atoms with Gasteiger partial charge in [0.1, 0.15) is 0 Å². The van der Waals surface area contributed by atoms with Gasteiger partial charge in [0.15, 0.2) is 0 Å². The lowest BCUT2D eigenvalue weighted by Crippen LogP contribution is -2.43. The zero-order chi connectivity index (χ0) is 23.6. The van der Waals surface area contributed by atoms with Crippen LogP contribution in [0.1, 0.15) is 25.0 Å². The molecule has 2 aliphatic rings. The van der Waals surface area contributed by atoms with Crippen LogP contribution in [0.3, 0.4) is 0 Å². The van der Waals surface area contributed by atoms with Gasteiger partial charge in [-0.15, -0.1) is 0 Å². The second kappa shape index (κ2) is 17.8. The van der Waals surface area contributed by atoms with E-state index in [0.717, 1.165) is 20.2 Å². The van der Waals surface area contributed by atoms with Crippen LogP contribution in [-0.4, -0.2) is 98.3 Å². The molecule has 0 aliphatic carbocycles. The lowest BCUT2D eigenvalue weighted by Gasteiger charge is -2.32. The monoisotopic (exact) mass is 442 g/mol. The van der Waals surface area contributed by atoms with E-state index in [2.05, 4.69) is 94.4 Å². The molecule has 0 atom stereocenters. The Labute approximate surface area is 197 Å². The Morgan fingerprint density at radius 2 is 0.812 bits per heavy atom. The second-order valence-corrected chi connectivity index (χ2v) is 8.13. The fourth-order valence-electron chi connectivity index (χ4n) is 3.70. The topological polar surface area (TPSA) is 33.2 Å². The molecule has 2 heterocycles. The van der Waals surface area contributed by atoms with Crippen molar-refractivity contribution in [3.63, 3.8) is 0 Å². The third-order valence-electron chi connectivity index (χ3n) is 5.69. The highest BCUT2D eigenvalue weighted by atomic mass is 16.2. The van der Waals surface area contributed by atoms with Crippen molar-refractivity contribution >= 4 is 0 Å². The first-order chi connectivity index (χ1) is 15.7. The van der Waals surface area contributed by atoms with Gasteiger partial charge in [-0.05, 0) is 25.2 Å². The van der Waals surface area contributed by atoms with Crippen molar-refractivity contribution < 1.29 is 5.11 Å². The van der Waals surface area contributed by atoms with Gasteiger partial charge in [0.05, 0.1) is 0 Å². The number of benzene rings is 2. The molecule has 0 unspecified atom stereocenters. The fraction of sp³-hybridized carbons (Fsp3) is 0.556. The predicted octanol–water partition coefficient (Wildman–Crippen LogP) is 3.50. The van der Waals surface area contributed by atoms with Crippen molar-refractivity contribution in [2.24, 2.45) is 0 Å². The average molecular weight is 443 g/mol. The molecule has 0 aromatic heterocycles. The first kappa shape index (κ1) is 28.3. The van der Waals surface area contributed by atoms with Crippen LogP contribution in [0.4, 0.5) is 0 Å². The zero-order valence-electron chi connectivity index (χ0n) is 21.1. The standard InChI is InChI=1S/2C12H18N2.C2H6.CH4O/c2*1-13-7-9-14(10-8-13)11-12-5-3-2-4-6-12;2*1-2/h2*2-6H,7-11H2,1H3;1-2H3;2H,1H3. The molecule has 180 valence electrons. The zero-order valence-corrected chi connectivity index (χ0v) is 21.1. The number of likely N-dealkylation sites (N-methyl/N-ethyl adjacent to an activating group) is 2. The number of hydrogen-bond donors (Lipinski definition) is 1. The molecule has 5 nitrogen and oxygen atoms in total. The molecule has 0 spiro atoms. The summed E-state index contributed by atoms with van der Waals surface area (Å²) in [7, 11) is 5.39. The summed E-state index contributed by atoms with van der Waals surface area (Å²) in [6.07, 6.45) is 0. The first-order valence-electron chi connectivity index (χ1n) is 12.0. The van der Waals surface area contributed by atoms with Crippen LogP contribution < -0.4 is 0 Å². The first-order valence-corrected chi connectivity index (χ1v) is 12.0. The van der Waals surface area contributed by atoms with E-state index in [9.17, 15) is 0 Å². The minimum Gasteiger partial charge on any atom is -0.400 e. The van der Waals surface area contributed by atoms with Crippen molar-refractivity contribution in [3.05, 3.63) is 71.8 Å². The van der Waals surface area contributed by atoms with E-state index in [-0.39, 0.29) is 0 Å². The van der Waals surface area contributed by atoms with E-state index in [4.69, 9.17) is 5.11 Å². The summed E-state index contributed by atoms with van der Waals surface area (Å²) in [5.41, 5.74) is 2.86. The molecule has 1 N–H and O–H groups in total. The van der Waals surface area contributed by atoms with Crippen molar-refractivity contribution in [2.45, 2.75) is 26.9 Å². The third-order valence-corrected chi connectivity index (χ3v) is 5.69. The molecular formula is C27H46N4O. The highest BCUT2D eigenvalue weighted by molar-refractivity contribution is 5.15. The molecule has 0 radical (unpaired) electrons. The van der Waals surface area contributed by atoms with Crippen LogP contribution in [0.15, 0.2) is 60.7 Å². The lowest BCUT2D eigenvalue weighted by molar-refractivity contribution is 0.148. The van der Waals surface area contributed by atoms with Gasteiger partial charge in [-0.25, -0.2) is 0 Å². The van der Waals surface area contributed by atoms with Gasteiger partial charge in [-0.1, -0.05) is 74.5 Å². The van der Waals surface area contributed by atoms with E-state index < -0.39 is 0 Å². The summed E-state index contributed by atoms with van der Waals surface area (Å²) >= 11 is 0. The number of nitrogens with zero attached hydrogens (tertiary/aromatic N) is 4. The van der Waals surface area contributed by atoms with Gasteiger partial charge in [-0.3, -0.25) is 9.80 Å². The SMILES string of the molecule is CC.CN1CCN(Cc2ccccc2)CC1.CN1CCN(Cc2ccccc2)CC1.CO. The quantitative estimate of drug-likeness (QED) is 0.784. The Balaban J connectivity index is 0.000000277. The Morgan fingerprint density at radius 1 is 0.531 bits per heavy atom. The van der Waals surface area contributed by atoms with E-state index in [1.165, 1.54) is 63.5 Å². The van der Waals surface area contributed by atoms with Crippen LogP contribution in [0.5, 0.6) is 0 Å². The Hall–Kier alpha value is -1.76. The summed E-state index contributed by atoms with van der Waals surface area (Å²) in [5, 5.41) is 7.00. The predicted molar refractivity (Wildman–Crippen MR) is 138 cm³/mol. The van der Waals surface area contributed by atoms with Gasteiger partial charge in [0, 0.05) is 72.6 Å². The smallest absolute Gasteiger partial charge is 0.0319 e. The molecule has 0 bridgehead atoms. The number of rotatable bonds is 4. The third kappa shape index (κ3) is 11.7. The van der Waals surface area contributed by atoms with Gasteiger partial charge < -0.3 is 14.9 Å². The van der Waals surface area contributed by atoms with E-state index in [0.29, 0.717) is 0 Å². The molecule has 2 saturated heterocycles. The van der Waals surface area contributed by atoms with Gasteiger partial charge >= 0.3 is 0 Å². The van der Waals surface area contributed by atoms with Gasteiger partial charge in [-0.2, -0.15) is 0 Å². The molecule has 2 aromatic carbocycles. The van der Waals surface area contributed by atoms with E-state index >= 15 is 0 Å². The van der Waals surface area contributed by atoms with Crippen molar-refractivity contribution in [1.29, 1.82) is 0 Å². The average Bonchev–Trinajstić information content (AvgIpc) is 2.86. The fourth-order valence-corrected chi connectivity index (χ4v) is 3.70. The van der Waals surface area contributed by atoms with Gasteiger partial charge in [0.2, 0.25) is 0 Å².